The van der Waals surface area contributed by atoms with Gasteiger partial charge in [0.15, 0.2) is 11.5 Å². The van der Waals surface area contributed by atoms with E-state index in [0.717, 1.165) is 6.42 Å². The highest BCUT2D eigenvalue weighted by atomic mass is 16.5. The van der Waals surface area contributed by atoms with Crippen LogP contribution in [0.25, 0.3) is 0 Å². The molecular formula is C15H20N2O5. The smallest absolute Gasteiger partial charge is 0.249 e. The molecule has 1 saturated heterocycles. The molecule has 7 heteroatoms. The number of rotatable bonds is 6. The fraction of sp³-hybridized carbons (Fsp3) is 0.467. The number of hydrogen-bond acceptors (Lipinski definition) is 5. The topological polar surface area (TPSA) is 85.9 Å². The summed E-state index contributed by atoms with van der Waals surface area (Å²) in [4.78, 5) is 23.6. The first-order valence-electron chi connectivity index (χ1n) is 7.05. The Kier molecular flexibility index (Phi) is 5.60. The Hall–Kier alpha value is -2.28. The number of amides is 2. The number of nitrogens with one attached hydrogen (secondary N) is 2. The monoisotopic (exact) mass is 308 g/mol. The van der Waals surface area contributed by atoms with Crippen LogP contribution in [-0.2, 0) is 14.3 Å². The molecule has 1 heterocycles. The highest BCUT2D eigenvalue weighted by molar-refractivity contribution is 5.95. The van der Waals surface area contributed by atoms with Crippen molar-refractivity contribution in [2.24, 2.45) is 0 Å². The van der Waals surface area contributed by atoms with Crippen LogP contribution in [0.4, 0.5) is 5.69 Å². The molecule has 0 bridgehead atoms. The highest BCUT2D eigenvalue weighted by Crippen LogP contribution is 2.29. The minimum atomic E-state index is -0.436. The minimum absolute atomic E-state index is 0.104. The van der Waals surface area contributed by atoms with Crippen LogP contribution in [0.15, 0.2) is 18.2 Å². The average molecular weight is 308 g/mol. The van der Waals surface area contributed by atoms with E-state index in [9.17, 15) is 9.59 Å². The summed E-state index contributed by atoms with van der Waals surface area (Å²) in [5.41, 5.74) is 0.564. The normalized spacial score (nSPS) is 16.9. The summed E-state index contributed by atoms with van der Waals surface area (Å²) in [7, 11) is 3.06. The van der Waals surface area contributed by atoms with Crippen molar-refractivity contribution in [3.05, 3.63) is 18.2 Å². The van der Waals surface area contributed by atoms with Gasteiger partial charge in [-0.05, 0) is 25.0 Å². The Balaban J connectivity index is 1.85. The second-order valence-electron chi connectivity index (χ2n) is 4.84. The molecule has 1 aromatic carbocycles. The van der Waals surface area contributed by atoms with Crippen LogP contribution in [0.2, 0.25) is 0 Å². The second-order valence-corrected chi connectivity index (χ2v) is 4.84. The first kappa shape index (κ1) is 16.1. The van der Waals surface area contributed by atoms with Crippen molar-refractivity contribution in [3.63, 3.8) is 0 Å². The van der Waals surface area contributed by atoms with Crippen molar-refractivity contribution in [3.8, 4) is 11.5 Å². The number of hydrogen-bond donors (Lipinski definition) is 2. The van der Waals surface area contributed by atoms with E-state index in [0.29, 0.717) is 30.2 Å². The summed E-state index contributed by atoms with van der Waals surface area (Å²) < 4.78 is 15.5. The van der Waals surface area contributed by atoms with Crippen LogP contribution >= 0.6 is 0 Å². The largest absolute Gasteiger partial charge is 0.493 e. The summed E-state index contributed by atoms with van der Waals surface area (Å²) in [6.07, 6.45) is 1.13. The quantitative estimate of drug-likeness (QED) is 0.817. The zero-order valence-corrected chi connectivity index (χ0v) is 12.7. The van der Waals surface area contributed by atoms with Gasteiger partial charge < -0.3 is 24.8 Å². The van der Waals surface area contributed by atoms with Crippen molar-refractivity contribution in [2.45, 2.75) is 18.9 Å². The fourth-order valence-corrected chi connectivity index (χ4v) is 2.18. The third kappa shape index (κ3) is 4.11. The maximum Gasteiger partial charge on any atom is 0.249 e. The lowest BCUT2D eigenvalue weighted by Gasteiger charge is -2.12. The molecule has 1 aliphatic rings. The zero-order chi connectivity index (χ0) is 15.9. The average Bonchev–Trinajstić information content (AvgIpc) is 3.07. The molecule has 120 valence electrons. The SMILES string of the molecule is COc1ccc(NC(=O)CNC(=O)C2CCCO2)cc1OC. The molecule has 0 radical (unpaired) electrons. The minimum Gasteiger partial charge on any atom is -0.493 e. The summed E-state index contributed by atoms with van der Waals surface area (Å²) in [6, 6.07) is 5.04. The standard InChI is InChI=1S/C15H20N2O5/c1-20-11-6-5-10(8-13(11)21-2)17-14(18)9-16-15(19)12-4-3-7-22-12/h5-6,8,12H,3-4,7,9H2,1-2H3,(H,16,19)(H,17,18). The lowest BCUT2D eigenvalue weighted by molar-refractivity contribution is -0.131. The van der Waals surface area contributed by atoms with Gasteiger partial charge in [0.1, 0.15) is 6.10 Å². The van der Waals surface area contributed by atoms with Gasteiger partial charge in [0.25, 0.3) is 0 Å². The van der Waals surface area contributed by atoms with E-state index in [4.69, 9.17) is 14.2 Å². The van der Waals surface area contributed by atoms with Crippen LogP contribution in [0, 0.1) is 0 Å². The number of anilines is 1. The number of carbonyl (C=O) groups excluding carboxylic acids is 2. The van der Waals surface area contributed by atoms with Gasteiger partial charge in [-0.2, -0.15) is 0 Å². The molecule has 1 unspecified atom stereocenters. The molecule has 2 amide bonds. The van der Waals surface area contributed by atoms with Crippen LogP contribution in [0.1, 0.15) is 12.8 Å². The lowest BCUT2D eigenvalue weighted by atomic mass is 10.2. The summed E-state index contributed by atoms with van der Waals surface area (Å²) in [6.45, 7) is 0.489. The highest BCUT2D eigenvalue weighted by Gasteiger charge is 2.23. The van der Waals surface area contributed by atoms with E-state index in [2.05, 4.69) is 10.6 Å². The summed E-state index contributed by atoms with van der Waals surface area (Å²) in [5, 5.41) is 5.25. The van der Waals surface area contributed by atoms with E-state index in [1.165, 1.54) is 14.2 Å². The maximum absolute atomic E-state index is 11.8. The molecule has 1 aliphatic heterocycles. The molecule has 0 spiro atoms. The number of carbonyl (C=O) groups is 2. The first-order valence-corrected chi connectivity index (χ1v) is 7.05. The molecule has 2 rings (SSSR count). The molecule has 22 heavy (non-hydrogen) atoms. The predicted octanol–water partition coefficient (Wildman–Crippen LogP) is 0.937. The van der Waals surface area contributed by atoms with Crippen LogP contribution in [0.5, 0.6) is 11.5 Å². The van der Waals surface area contributed by atoms with Crippen molar-refractivity contribution in [1.82, 2.24) is 5.32 Å². The lowest BCUT2D eigenvalue weighted by Crippen LogP contribution is -2.39. The van der Waals surface area contributed by atoms with Crippen LogP contribution in [0.3, 0.4) is 0 Å². The summed E-state index contributed by atoms with van der Waals surface area (Å²) in [5.74, 6) is 0.523. The van der Waals surface area contributed by atoms with Gasteiger partial charge in [0, 0.05) is 18.4 Å². The van der Waals surface area contributed by atoms with Crippen LogP contribution in [-0.4, -0.2) is 45.3 Å². The van der Waals surface area contributed by atoms with E-state index >= 15 is 0 Å². The van der Waals surface area contributed by atoms with Gasteiger partial charge >= 0.3 is 0 Å². The van der Waals surface area contributed by atoms with Crippen molar-refractivity contribution >= 4 is 17.5 Å². The Morgan fingerprint density at radius 2 is 2.05 bits per heavy atom. The third-order valence-electron chi connectivity index (χ3n) is 3.31. The number of benzene rings is 1. The van der Waals surface area contributed by atoms with Crippen molar-refractivity contribution < 1.29 is 23.8 Å². The van der Waals surface area contributed by atoms with E-state index in [1.54, 1.807) is 18.2 Å². The molecule has 0 aromatic heterocycles. The van der Waals surface area contributed by atoms with E-state index < -0.39 is 6.10 Å². The third-order valence-corrected chi connectivity index (χ3v) is 3.31. The Morgan fingerprint density at radius 1 is 1.27 bits per heavy atom. The zero-order valence-electron chi connectivity index (χ0n) is 12.7. The van der Waals surface area contributed by atoms with Gasteiger partial charge in [-0.3, -0.25) is 9.59 Å². The second kappa shape index (κ2) is 7.65. The molecule has 1 aromatic rings. The van der Waals surface area contributed by atoms with Gasteiger partial charge in [-0.1, -0.05) is 0 Å². The van der Waals surface area contributed by atoms with Gasteiger partial charge in [-0.15, -0.1) is 0 Å². The molecule has 1 atom stereocenters. The number of methoxy groups -OCH3 is 2. The van der Waals surface area contributed by atoms with E-state index in [-0.39, 0.29) is 18.4 Å². The molecule has 0 saturated carbocycles. The molecule has 7 nitrogen and oxygen atoms in total. The summed E-state index contributed by atoms with van der Waals surface area (Å²) >= 11 is 0. The maximum atomic E-state index is 11.8. The molecule has 2 N–H and O–H groups in total. The van der Waals surface area contributed by atoms with Gasteiger partial charge in [0.2, 0.25) is 11.8 Å². The van der Waals surface area contributed by atoms with Crippen molar-refractivity contribution in [2.75, 3.05) is 32.7 Å². The van der Waals surface area contributed by atoms with Gasteiger partial charge in [-0.25, -0.2) is 0 Å². The van der Waals surface area contributed by atoms with Gasteiger partial charge in [0.05, 0.1) is 20.8 Å². The number of ether oxygens (including phenoxy) is 3. The molecular weight excluding hydrogens is 288 g/mol. The Labute approximate surface area is 128 Å². The van der Waals surface area contributed by atoms with Crippen LogP contribution < -0.4 is 20.1 Å². The fourth-order valence-electron chi connectivity index (χ4n) is 2.18. The Bertz CT molecular complexity index is 541. The molecule has 0 aliphatic carbocycles. The van der Waals surface area contributed by atoms with E-state index in [1.807, 2.05) is 0 Å². The molecule has 1 fully saturated rings. The Morgan fingerprint density at radius 3 is 2.68 bits per heavy atom. The first-order chi connectivity index (χ1) is 10.6. The van der Waals surface area contributed by atoms with Crippen molar-refractivity contribution in [1.29, 1.82) is 0 Å². The predicted molar refractivity (Wildman–Crippen MR) is 80.2 cm³/mol.